The smallest absolute Gasteiger partial charge is 0.223 e. The number of carbonyl (C=O) groups excluding carboxylic acids is 1. The van der Waals surface area contributed by atoms with Crippen LogP contribution < -0.4 is 5.32 Å². The van der Waals surface area contributed by atoms with E-state index in [0.29, 0.717) is 37.4 Å². The van der Waals surface area contributed by atoms with Crippen LogP contribution in [0.3, 0.4) is 0 Å². The molecule has 2 bridgehead atoms. The molecule has 5 nitrogen and oxygen atoms in total. The minimum Gasteiger partial charge on any atom is -0.339 e. The monoisotopic (exact) mass is 364 g/mol. The van der Waals surface area contributed by atoms with Crippen LogP contribution in [0.15, 0.2) is 0 Å². The average molecular weight is 365 g/mol. The second-order valence-electron chi connectivity index (χ2n) is 7.32. The van der Waals surface area contributed by atoms with Crippen molar-refractivity contribution in [2.45, 2.75) is 70.0 Å². The number of sulfone groups is 1. The van der Waals surface area contributed by atoms with Crippen LogP contribution in [0.4, 0.5) is 0 Å². The Balaban J connectivity index is 0.00000192. The van der Waals surface area contributed by atoms with Gasteiger partial charge in [-0.1, -0.05) is 6.92 Å². The largest absolute Gasteiger partial charge is 0.339 e. The van der Waals surface area contributed by atoms with Gasteiger partial charge in [-0.25, -0.2) is 8.42 Å². The Morgan fingerprint density at radius 3 is 2.35 bits per heavy atom. The summed E-state index contributed by atoms with van der Waals surface area (Å²) in [5.41, 5.74) is 0. The highest BCUT2D eigenvalue weighted by atomic mass is 35.5. The van der Waals surface area contributed by atoms with Gasteiger partial charge in [0.2, 0.25) is 5.91 Å². The molecule has 1 N–H and O–H groups in total. The molecule has 3 aliphatic rings. The number of carbonyl (C=O) groups is 1. The first kappa shape index (κ1) is 19.0. The van der Waals surface area contributed by atoms with E-state index in [9.17, 15) is 13.2 Å². The van der Waals surface area contributed by atoms with Crippen LogP contribution >= 0.6 is 12.4 Å². The second kappa shape index (κ2) is 7.70. The topological polar surface area (TPSA) is 66.5 Å². The first-order chi connectivity index (χ1) is 10.5. The number of halogens is 1. The van der Waals surface area contributed by atoms with Gasteiger partial charge in [0.1, 0.15) is 0 Å². The Bertz CT molecular complexity index is 513. The predicted molar refractivity (Wildman–Crippen MR) is 93.6 cm³/mol. The van der Waals surface area contributed by atoms with Gasteiger partial charge >= 0.3 is 0 Å². The Morgan fingerprint density at radius 2 is 1.83 bits per heavy atom. The molecule has 3 saturated heterocycles. The molecule has 3 atom stereocenters. The molecule has 0 aromatic carbocycles. The number of fused-ring (bicyclic) bond motifs is 2. The average Bonchev–Trinajstić information content (AvgIpc) is 2.98. The molecule has 0 radical (unpaired) electrons. The van der Waals surface area contributed by atoms with Gasteiger partial charge in [0, 0.05) is 31.1 Å². The van der Waals surface area contributed by atoms with E-state index in [4.69, 9.17) is 0 Å². The van der Waals surface area contributed by atoms with E-state index in [-0.39, 0.29) is 35.9 Å². The molecule has 0 aromatic heterocycles. The zero-order valence-corrected chi connectivity index (χ0v) is 15.5. The molecule has 1 amide bonds. The van der Waals surface area contributed by atoms with Crippen molar-refractivity contribution in [3.05, 3.63) is 0 Å². The van der Waals surface area contributed by atoms with Gasteiger partial charge in [0.25, 0.3) is 0 Å². The van der Waals surface area contributed by atoms with Crippen molar-refractivity contribution in [2.24, 2.45) is 5.92 Å². The van der Waals surface area contributed by atoms with E-state index in [1.807, 2.05) is 4.90 Å². The van der Waals surface area contributed by atoms with E-state index < -0.39 is 9.84 Å². The van der Waals surface area contributed by atoms with Crippen LogP contribution in [0, 0.1) is 5.92 Å². The molecule has 0 aliphatic carbocycles. The Labute approximate surface area is 145 Å². The van der Waals surface area contributed by atoms with Crippen molar-refractivity contribution in [1.82, 2.24) is 10.2 Å². The minimum atomic E-state index is -2.94. The van der Waals surface area contributed by atoms with Gasteiger partial charge in [-0.2, -0.15) is 0 Å². The SMILES string of the molecule is CCCN(C(=O)CC1CC2CCC(C1)N2)C1CCS(=O)(=O)C1.Cl. The summed E-state index contributed by atoms with van der Waals surface area (Å²) in [6.45, 7) is 2.74. The highest BCUT2D eigenvalue weighted by Crippen LogP contribution is 2.33. The maximum atomic E-state index is 12.7. The molecule has 3 fully saturated rings. The van der Waals surface area contributed by atoms with Crippen LogP contribution in [0.5, 0.6) is 0 Å². The molecule has 134 valence electrons. The second-order valence-corrected chi connectivity index (χ2v) is 9.55. The lowest BCUT2D eigenvalue weighted by molar-refractivity contribution is -0.134. The lowest BCUT2D eigenvalue weighted by Gasteiger charge is -2.33. The maximum Gasteiger partial charge on any atom is 0.223 e. The number of hydrogen-bond donors (Lipinski definition) is 1. The van der Waals surface area contributed by atoms with Gasteiger partial charge in [0.15, 0.2) is 9.84 Å². The van der Waals surface area contributed by atoms with Gasteiger partial charge in [-0.05, 0) is 44.4 Å². The van der Waals surface area contributed by atoms with E-state index in [1.165, 1.54) is 12.8 Å². The zero-order valence-electron chi connectivity index (χ0n) is 13.9. The fraction of sp³-hybridized carbons (Fsp3) is 0.938. The third-order valence-electron chi connectivity index (χ3n) is 5.47. The number of nitrogens with zero attached hydrogens (tertiary/aromatic N) is 1. The molecule has 0 aromatic rings. The maximum absolute atomic E-state index is 12.7. The van der Waals surface area contributed by atoms with Crippen molar-refractivity contribution in [1.29, 1.82) is 0 Å². The molecule has 7 heteroatoms. The van der Waals surface area contributed by atoms with Crippen molar-refractivity contribution in [3.8, 4) is 0 Å². The summed E-state index contributed by atoms with van der Waals surface area (Å²) in [7, 11) is -2.94. The van der Waals surface area contributed by atoms with E-state index in [0.717, 1.165) is 19.3 Å². The van der Waals surface area contributed by atoms with Crippen LogP contribution in [0.1, 0.15) is 51.9 Å². The summed E-state index contributed by atoms with van der Waals surface area (Å²) in [6.07, 6.45) is 6.80. The molecule has 3 heterocycles. The molecule has 3 aliphatic heterocycles. The van der Waals surface area contributed by atoms with Crippen LogP contribution in [0.25, 0.3) is 0 Å². The number of amides is 1. The molecule has 0 saturated carbocycles. The Hall–Kier alpha value is -0.330. The van der Waals surface area contributed by atoms with Gasteiger partial charge < -0.3 is 10.2 Å². The summed E-state index contributed by atoms with van der Waals surface area (Å²) in [4.78, 5) is 14.6. The number of nitrogens with one attached hydrogen (secondary N) is 1. The van der Waals surface area contributed by atoms with Gasteiger partial charge in [-0.15, -0.1) is 12.4 Å². The minimum absolute atomic E-state index is 0. The normalized spacial score (nSPS) is 34.8. The summed E-state index contributed by atoms with van der Waals surface area (Å²) in [6, 6.07) is 1.11. The molecule has 3 rings (SSSR count). The third kappa shape index (κ3) is 4.60. The number of piperidine rings is 1. The lowest BCUT2D eigenvalue weighted by Crippen LogP contribution is -2.44. The summed E-state index contributed by atoms with van der Waals surface area (Å²) >= 11 is 0. The van der Waals surface area contributed by atoms with Crippen LogP contribution in [-0.2, 0) is 14.6 Å². The molecule has 3 unspecified atom stereocenters. The zero-order chi connectivity index (χ0) is 15.7. The van der Waals surface area contributed by atoms with E-state index in [2.05, 4.69) is 12.2 Å². The fourth-order valence-electron chi connectivity index (χ4n) is 4.48. The van der Waals surface area contributed by atoms with Crippen LogP contribution in [0.2, 0.25) is 0 Å². The van der Waals surface area contributed by atoms with E-state index in [1.54, 1.807) is 0 Å². The van der Waals surface area contributed by atoms with Crippen molar-refractivity contribution in [3.63, 3.8) is 0 Å². The number of hydrogen-bond acceptors (Lipinski definition) is 4. The molecular formula is C16H29ClN2O3S. The molecule has 23 heavy (non-hydrogen) atoms. The highest BCUT2D eigenvalue weighted by Gasteiger charge is 2.37. The predicted octanol–water partition coefficient (Wildman–Crippen LogP) is 1.75. The van der Waals surface area contributed by atoms with Gasteiger partial charge in [-0.3, -0.25) is 4.79 Å². The number of rotatable bonds is 5. The standard InChI is InChI=1S/C16H28N2O3S.ClH/c1-2-6-18(15-5-7-22(20,21)11-15)16(19)10-12-8-13-3-4-14(9-12)17-13;/h12-15,17H,2-11H2,1H3;1H. The summed E-state index contributed by atoms with van der Waals surface area (Å²) < 4.78 is 23.4. The lowest BCUT2D eigenvalue weighted by atomic mass is 9.89. The molecular weight excluding hydrogens is 336 g/mol. The third-order valence-corrected chi connectivity index (χ3v) is 7.22. The Kier molecular flexibility index (Phi) is 6.36. The van der Waals surface area contributed by atoms with Crippen molar-refractivity contribution in [2.75, 3.05) is 18.1 Å². The fourth-order valence-corrected chi connectivity index (χ4v) is 6.21. The van der Waals surface area contributed by atoms with Crippen molar-refractivity contribution >= 4 is 28.2 Å². The highest BCUT2D eigenvalue weighted by molar-refractivity contribution is 7.91. The van der Waals surface area contributed by atoms with E-state index >= 15 is 0 Å². The quantitative estimate of drug-likeness (QED) is 0.807. The van der Waals surface area contributed by atoms with Gasteiger partial charge in [0.05, 0.1) is 11.5 Å². The summed E-state index contributed by atoms with van der Waals surface area (Å²) in [5, 5.41) is 3.61. The Morgan fingerprint density at radius 1 is 1.17 bits per heavy atom. The van der Waals surface area contributed by atoms with Crippen LogP contribution in [-0.4, -0.2) is 55.4 Å². The first-order valence-electron chi connectivity index (χ1n) is 8.73. The molecule has 0 spiro atoms. The first-order valence-corrected chi connectivity index (χ1v) is 10.5. The van der Waals surface area contributed by atoms with Crippen molar-refractivity contribution < 1.29 is 13.2 Å². The summed E-state index contributed by atoms with van der Waals surface area (Å²) in [5.74, 6) is 1.05.